The number of piperazine rings is 1. The van der Waals surface area contributed by atoms with E-state index in [9.17, 15) is 18.5 Å². The van der Waals surface area contributed by atoms with E-state index in [0.717, 1.165) is 5.56 Å². The van der Waals surface area contributed by atoms with Gasteiger partial charge in [0.05, 0.1) is 17.2 Å². The second-order valence-electron chi connectivity index (χ2n) is 5.51. The third-order valence-electron chi connectivity index (χ3n) is 3.95. The monoisotopic (exact) mass is 351 g/mol. The molecule has 1 fully saturated rings. The number of hydrogen-bond donors (Lipinski definition) is 1. The zero-order chi connectivity index (χ0) is 17.3. The predicted molar refractivity (Wildman–Crippen MR) is 85.8 cm³/mol. The van der Waals surface area contributed by atoms with E-state index in [-0.39, 0.29) is 11.4 Å². The Morgan fingerprint density at radius 2 is 2.12 bits per heavy atom. The molecule has 1 aliphatic heterocycles. The Morgan fingerprint density at radius 3 is 2.79 bits per heavy atom. The van der Waals surface area contributed by atoms with Gasteiger partial charge in [0.25, 0.3) is 15.7 Å². The lowest BCUT2D eigenvalue weighted by Crippen LogP contribution is -2.48. The van der Waals surface area contributed by atoms with Crippen LogP contribution in [0.15, 0.2) is 41.6 Å². The third kappa shape index (κ3) is 2.90. The first-order valence-corrected chi connectivity index (χ1v) is 8.80. The Hall–Kier alpha value is -2.30. The molecule has 24 heavy (non-hydrogen) atoms. The molecular formula is C14H17N5O4S. The van der Waals surface area contributed by atoms with Crippen LogP contribution in [0.4, 0.5) is 5.69 Å². The minimum absolute atomic E-state index is 0.230. The van der Waals surface area contributed by atoms with Crippen molar-refractivity contribution in [3.05, 3.63) is 52.3 Å². The summed E-state index contributed by atoms with van der Waals surface area (Å²) < 4.78 is 29.0. The maximum atomic E-state index is 13.1. The molecule has 0 radical (unpaired) electrons. The molecule has 1 aromatic carbocycles. The topological polar surface area (TPSA) is 110 Å². The highest BCUT2D eigenvalue weighted by molar-refractivity contribution is 7.89. The van der Waals surface area contributed by atoms with Gasteiger partial charge in [0, 0.05) is 44.5 Å². The smallest absolute Gasteiger partial charge is 0.289 e. The average Bonchev–Trinajstić information content (AvgIpc) is 3.01. The van der Waals surface area contributed by atoms with Crippen molar-refractivity contribution in [3.8, 4) is 0 Å². The second kappa shape index (κ2) is 6.30. The Bertz CT molecular complexity index is 864. The highest BCUT2D eigenvalue weighted by atomic mass is 32.2. The fraction of sp³-hybridized carbons (Fsp3) is 0.357. The molecule has 3 rings (SSSR count). The fourth-order valence-corrected chi connectivity index (χ4v) is 4.60. The van der Waals surface area contributed by atoms with Crippen LogP contribution < -0.4 is 5.32 Å². The van der Waals surface area contributed by atoms with Crippen molar-refractivity contribution < 1.29 is 13.3 Å². The van der Waals surface area contributed by atoms with Gasteiger partial charge in [0.15, 0.2) is 4.90 Å². The zero-order valence-corrected chi connectivity index (χ0v) is 13.8. The number of nitro benzene ring substituents is 1. The highest BCUT2D eigenvalue weighted by Gasteiger charge is 2.38. The number of sulfonamides is 1. The molecule has 1 atom stereocenters. The van der Waals surface area contributed by atoms with Crippen LogP contribution in [0.25, 0.3) is 0 Å². The number of aromatic nitrogens is 2. The van der Waals surface area contributed by atoms with Gasteiger partial charge in [-0.15, -0.1) is 0 Å². The van der Waals surface area contributed by atoms with Crippen LogP contribution in [-0.4, -0.2) is 47.1 Å². The van der Waals surface area contributed by atoms with Gasteiger partial charge in [-0.2, -0.15) is 9.40 Å². The summed E-state index contributed by atoms with van der Waals surface area (Å²) in [5.74, 6) is 0. The van der Waals surface area contributed by atoms with Crippen LogP contribution in [0.2, 0.25) is 0 Å². The molecule has 0 amide bonds. The summed E-state index contributed by atoms with van der Waals surface area (Å²) in [5.41, 5.74) is 0.327. The summed E-state index contributed by atoms with van der Waals surface area (Å²) in [6.45, 7) is 1.14. The summed E-state index contributed by atoms with van der Waals surface area (Å²) >= 11 is 0. The van der Waals surface area contributed by atoms with Crippen LogP contribution in [0.5, 0.6) is 0 Å². The fourth-order valence-electron chi connectivity index (χ4n) is 2.82. The second-order valence-corrected chi connectivity index (χ2v) is 7.37. The SMILES string of the molecule is Cn1cc(C2CNCCN2S(=O)(=O)c2ccccc2[N+](=O)[O-])cn1. The van der Waals surface area contributed by atoms with Gasteiger partial charge in [-0.1, -0.05) is 12.1 Å². The van der Waals surface area contributed by atoms with Gasteiger partial charge in [-0.25, -0.2) is 8.42 Å². The van der Waals surface area contributed by atoms with Crippen molar-refractivity contribution >= 4 is 15.7 Å². The number of hydrogen-bond acceptors (Lipinski definition) is 6. The van der Waals surface area contributed by atoms with Crippen LogP contribution in [0.3, 0.4) is 0 Å². The molecule has 1 aliphatic rings. The van der Waals surface area contributed by atoms with E-state index < -0.39 is 26.7 Å². The Balaban J connectivity index is 2.06. The van der Waals surface area contributed by atoms with E-state index in [2.05, 4.69) is 10.4 Å². The lowest BCUT2D eigenvalue weighted by molar-refractivity contribution is -0.387. The van der Waals surface area contributed by atoms with E-state index in [1.165, 1.54) is 28.6 Å². The molecule has 0 aliphatic carbocycles. The largest absolute Gasteiger partial charge is 0.313 e. The van der Waals surface area contributed by atoms with E-state index in [1.54, 1.807) is 24.1 Å². The van der Waals surface area contributed by atoms with E-state index in [1.807, 2.05) is 0 Å². The van der Waals surface area contributed by atoms with Crippen LogP contribution in [0, 0.1) is 10.1 Å². The van der Waals surface area contributed by atoms with Gasteiger partial charge < -0.3 is 5.32 Å². The van der Waals surface area contributed by atoms with Crippen molar-refractivity contribution in [3.63, 3.8) is 0 Å². The normalized spacial score (nSPS) is 19.3. The molecule has 1 N–H and O–H groups in total. The first-order chi connectivity index (χ1) is 11.4. The number of nitrogens with zero attached hydrogens (tertiary/aromatic N) is 4. The molecule has 1 unspecified atom stereocenters. The molecule has 2 aromatic rings. The van der Waals surface area contributed by atoms with Crippen molar-refractivity contribution in [2.24, 2.45) is 7.05 Å². The molecule has 10 heteroatoms. The Labute approximate surface area is 139 Å². The third-order valence-corrected chi connectivity index (χ3v) is 5.91. The van der Waals surface area contributed by atoms with E-state index in [0.29, 0.717) is 13.1 Å². The van der Waals surface area contributed by atoms with E-state index in [4.69, 9.17) is 0 Å². The van der Waals surface area contributed by atoms with Gasteiger partial charge in [0.2, 0.25) is 0 Å². The average molecular weight is 351 g/mol. The lowest BCUT2D eigenvalue weighted by Gasteiger charge is -2.34. The molecule has 0 bridgehead atoms. The van der Waals surface area contributed by atoms with Gasteiger partial charge in [-0.3, -0.25) is 14.8 Å². The summed E-state index contributed by atoms with van der Waals surface area (Å²) in [6, 6.07) is 4.95. The van der Waals surface area contributed by atoms with Crippen LogP contribution >= 0.6 is 0 Å². The number of nitro groups is 1. The summed E-state index contributed by atoms with van der Waals surface area (Å²) in [7, 11) is -2.26. The summed E-state index contributed by atoms with van der Waals surface area (Å²) in [4.78, 5) is 10.2. The summed E-state index contributed by atoms with van der Waals surface area (Å²) in [6.07, 6.45) is 3.36. The number of benzene rings is 1. The van der Waals surface area contributed by atoms with Crippen LogP contribution in [0.1, 0.15) is 11.6 Å². The molecule has 1 aromatic heterocycles. The van der Waals surface area contributed by atoms with Crippen LogP contribution in [-0.2, 0) is 17.1 Å². The predicted octanol–water partition coefficient (Wildman–Crippen LogP) is 0.663. The van der Waals surface area contributed by atoms with Gasteiger partial charge in [-0.05, 0) is 6.07 Å². The highest BCUT2D eigenvalue weighted by Crippen LogP contribution is 2.32. The van der Waals surface area contributed by atoms with Crippen molar-refractivity contribution in [2.45, 2.75) is 10.9 Å². The van der Waals surface area contributed by atoms with Crippen molar-refractivity contribution in [2.75, 3.05) is 19.6 Å². The zero-order valence-electron chi connectivity index (χ0n) is 13.0. The first-order valence-electron chi connectivity index (χ1n) is 7.36. The van der Waals surface area contributed by atoms with Crippen molar-refractivity contribution in [1.82, 2.24) is 19.4 Å². The molecule has 0 saturated carbocycles. The van der Waals surface area contributed by atoms with Gasteiger partial charge >= 0.3 is 0 Å². The number of aryl methyl sites for hydroxylation is 1. The number of nitrogens with one attached hydrogen (secondary N) is 1. The number of para-hydroxylation sites is 1. The molecular weight excluding hydrogens is 334 g/mol. The van der Waals surface area contributed by atoms with Gasteiger partial charge in [0.1, 0.15) is 0 Å². The minimum Gasteiger partial charge on any atom is -0.313 e. The summed E-state index contributed by atoms with van der Waals surface area (Å²) in [5, 5.41) is 18.4. The lowest BCUT2D eigenvalue weighted by atomic mass is 10.1. The Morgan fingerprint density at radius 1 is 1.38 bits per heavy atom. The molecule has 0 spiro atoms. The van der Waals surface area contributed by atoms with E-state index >= 15 is 0 Å². The maximum absolute atomic E-state index is 13.1. The quantitative estimate of drug-likeness (QED) is 0.640. The minimum atomic E-state index is -4.01. The molecule has 1 saturated heterocycles. The number of rotatable bonds is 4. The maximum Gasteiger partial charge on any atom is 0.289 e. The molecule has 128 valence electrons. The van der Waals surface area contributed by atoms with Crippen molar-refractivity contribution in [1.29, 1.82) is 0 Å². The molecule has 9 nitrogen and oxygen atoms in total. The molecule has 2 heterocycles. The first kappa shape index (κ1) is 16.6. The standard InChI is InChI=1S/C14H17N5O4S/c1-17-10-11(8-16-17)13-9-15-6-7-18(13)24(22,23)14-5-3-2-4-12(14)19(20)21/h2-5,8,10,13,15H,6-7,9H2,1H3. The Kier molecular flexibility index (Phi) is 4.35.